The predicted octanol–water partition coefficient (Wildman–Crippen LogP) is 3.01. The van der Waals surface area contributed by atoms with E-state index in [0.717, 1.165) is 11.8 Å². The Balaban J connectivity index is 1.50. The summed E-state index contributed by atoms with van der Waals surface area (Å²) < 4.78 is 32.0. The quantitative estimate of drug-likeness (QED) is 0.443. The number of para-hydroxylation sites is 2. The van der Waals surface area contributed by atoms with Gasteiger partial charge in [-0.3, -0.25) is 9.79 Å². The Morgan fingerprint density at radius 1 is 1.24 bits per heavy atom. The van der Waals surface area contributed by atoms with Crippen LogP contribution in [0.2, 0.25) is 0 Å². The van der Waals surface area contributed by atoms with Crippen molar-refractivity contribution >= 4 is 17.6 Å². The number of aliphatic imine (C=N–C) groups is 1. The highest BCUT2D eigenvalue weighted by atomic mass is 19.2. The zero-order valence-electron chi connectivity index (χ0n) is 16.4. The molecule has 0 radical (unpaired) electrons. The maximum absolute atomic E-state index is 13.4. The number of halogens is 2. The number of carbonyl (C=O) groups is 1. The molecule has 8 heteroatoms. The van der Waals surface area contributed by atoms with Crippen LogP contribution < -0.4 is 20.3 Å². The van der Waals surface area contributed by atoms with Crippen LogP contribution in [-0.4, -0.2) is 38.6 Å². The number of amides is 1. The minimum atomic E-state index is -0.880. The third-order valence-corrected chi connectivity index (χ3v) is 4.68. The number of ether oxygens (including phenoxy) is 1. The van der Waals surface area contributed by atoms with Crippen molar-refractivity contribution in [2.75, 3.05) is 31.6 Å². The van der Waals surface area contributed by atoms with E-state index < -0.39 is 11.6 Å². The molecule has 0 bridgehead atoms. The van der Waals surface area contributed by atoms with Crippen LogP contribution in [0.4, 0.5) is 14.5 Å². The van der Waals surface area contributed by atoms with Gasteiger partial charge in [0.15, 0.2) is 24.2 Å². The Bertz CT molecular complexity index is 904. The molecule has 2 N–H and O–H groups in total. The van der Waals surface area contributed by atoms with E-state index >= 15 is 0 Å². The molecule has 0 aromatic heterocycles. The number of guanidine groups is 1. The zero-order chi connectivity index (χ0) is 20.8. The first-order chi connectivity index (χ1) is 14.0. The lowest BCUT2D eigenvalue weighted by Gasteiger charge is -2.29. The fraction of sp³-hybridized carbons (Fsp3) is 0.333. The Morgan fingerprint density at radius 3 is 2.79 bits per heavy atom. The molecule has 29 heavy (non-hydrogen) atoms. The maximum atomic E-state index is 13.4. The normalized spacial score (nSPS) is 14.8. The van der Waals surface area contributed by atoms with Crippen LogP contribution in [-0.2, 0) is 4.79 Å². The highest BCUT2D eigenvalue weighted by Crippen LogP contribution is 2.31. The molecule has 6 nitrogen and oxygen atoms in total. The fourth-order valence-corrected chi connectivity index (χ4v) is 3.11. The van der Waals surface area contributed by atoms with Gasteiger partial charge in [-0.15, -0.1) is 0 Å². The van der Waals surface area contributed by atoms with Gasteiger partial charge >= 0.3 is 0 Å². The van der Waals surface area contributed by atoms with Gasteiger partial charge in [-0.05, 0) is 43.2 Å². The van der Waals surface area contributed by atoms with Gasteiger partial charge in [0.25, 0.3) is 5.91 Å². The minimum absolute atomic E-state index is 0.0411. The van der Waals surface area contributed by atoms with Crippen molar-refractivity contribution in [3.63, 3.8) is 0 Å². The number of rotatable bonds is 6. The Hall–Kier alpha value is -3.16. The second-order valence-corrected chi connectivity index (χ2v) is 6.69. The number of anilines is 1. The van der Waals surface area contributed by atoms with E-state index in [9.17, 15) is 13.6 Å². The number of nitrogens with one attached hydrogen (secondary N) is 2. The molecule has 2 aromatic carbocycles. The average molecular weight is 402 g/mol. The largest absolute Gasteiger partial charge is 0.482 e. The fourth-order valence-electron chi connectivity index (χ4n) is 3.11. The molecule has 1 aliphatic heterocycles. The molecular formula is C21H24F2N4O2. The van der Waals surface area contributed by atoms with Gasteiger partial charge in [0, 0.05) is 20.1 Å². The first kappa shape index (κ1) is 20.6. The van der Waals surface area contributed by atoms with E-state index in [4.69, 9.17) is 4.74 Å². The molecule has 0 saturated heterocycles. The van der Waals surface area contributed by atoms with Crippen LogP contribution in [0.3, 0.4) is 0 Å². The molecular weight excluding hydrogens is 378 g/mol. The molecule has 0 saturated carbocycles. The number of fused-ring (bicyclic) bond motifs is 1. The second kappa shape index (κ2) is 9.36. The summed E-state index contributed by atoms with van der Waals surface area (Å²) in [6, 6.07) is 11.0. The van der Waals surface area contributed by atoms with Crippen molar-refractivity contribution in [1.29, 1.82) is 0 Å². The molecule has 1 aliphatic rings. The Kier molecular flexibility index (Phi) is 6.64. The lowest BCUT2D eigenvalue weighted by molar-refractivity contribution is -0.121. The Labute approximate surface area is 168 Å². The van der Waals surface area contributed by atoms with Crippen LogP contribution >= 0.6 is 0 Å². The van der Waals surface area contributed by atoms with Crippen molar-refractivity contribution < 1.29 is 18.3 Å². The molecule has 1 amide bonds. The lowest BCUT2D eigenvalue weighted by Crippen LogP contribution is -2.42. The van der Waals surface area contributed by atoms with Gasteiger partial charge in [-0.25, -0.2) is 8.78 Å². The summed E-state index contributed by atoms with van der Waals surface area (Å²) in [7, 11) is 1.63. The maximum Gasteiger partial charge on any atom is 0.265 e. The third-order valence-electron chi connectivity index (χ3n) is 4.68. The number of benzene rings is 2. The van der Waals surface area contributed by atoms with Crippen LogP contribution in [0.25, 0.3) is 0 Å². The predicted molar refractivity (Wildman–Crippen MR) is 108 cm³/mol. The molecule has 0 fully saturated rings. The summed E-state index contributed by atoms with van der Waals surface area (Å²) in [6.45, 7) is 3.00. The van der Waals surface area contributed by atoms with E-state index in [1.807, 2.05) is 31.2 Å². The number of hydrogen-bond acceptors (Lipinski definition) is 3. The van der Waals surface area contributed by atoms with E-state index in [1.165, 1.54) is 12.1 Å². The van der Waals surface area contributed by atoms with Gasteiger partial charge < -0.3 is 20.3 Å². The number of nitrogens with zero attached hydrogens (tertiary/aromatic N) is 2. The number of carbonyl (C=O) groups excluding carboxylic acids is 1. The molecule has 154 valence electrons. The standard InChI is InChI=1S/C21H24F2N4O2/c1-14(15-8-9-16(22)17(23)12-15)26-21(24-2)25-10-5-11-27-18-6-3-4-7-19(18)29-13-20(27)28/h3-4,6-9,12,14H,5,10-11,13H2,1-2H3,(H2,24,25,26). The van der Waals surface area contributed by atoms with E-state index in [1.54, 1.807) is 11.9 Å². The third kappa shape index (κ3) is 5.01. The van der Waals surface area contributed by atoms with Crippen molar-refractivity contribution in [2.24, 2.45) is 4.99 Å². The van der Waals surface area contributed by atoms with Gasteiger partial charge in [-0.1, -0.05) is 18.2 Å². The van der Waals surface area contributed by atoms with Gasteiger partial charge in [-0.2, -0.15) is 0 Å². The summed E-state index contributed by atoms with van der Waals surface area (Å²) in [5.41, 5.74) is 1.39. The van der Waals surface area contributed by atoms with Gasteiger partial charge in [0.2, 0.25) is 0 Å². The molecule has 2 aromatic rings. The topological polar surface area (TPSA) is 66.0 Å². The van der Waals surface area contributed by atoms with Crippen molar-refractivity contribution in [2.45, 2.75) is 19.4 Å². The molecule has 1 atom stereocenters. The second-order valence-electron chi connectivity index (χ2n) is 6.69. The first-order valence-corrected chi connectivity index (χ1v) is 9.44. The summed E-state index contributed by atoms with van der Waals surface area (Å²) in [5.74, 6) is -0.579. The molecule has 3 rings (SSSR count). The monoisotopic (exact) mass is 402 g/mol. The minimum Gasteiger partial charge on any atom is -0.482 e. The molecule has 0 spiro atoms. The molecule has 1 unspecified atom stereocenters. The number of hydrogen-bond donors (Lipinski definition) is 2. The smallest absolute Gasteiger partial charge is 0.265 e. The highest BCUT2D eigenvalue weighted by molar-refractivity contribution is 5.97. The summed E-state index contributed by atoms with van der Waals surface area (Å²) in [6.07, 6.45) is 0.695. The van der Waals surface area contributed by atoms with E-state index in [-0.39, 0.29) is 18.6 Å². The highest BCUT2D eigenvalue weighted by Gasteiger charge is 2.24. The van der Waals surface area contributed by atoms with Crippen molar-refractivity contribution in [3.05, 3.63) is 59.7 Å². The zero-order valence-corrected chi connectivity index (χ0v) is 16.4. The van der Waals surface area contributed by atoms with Crippen LogP contribution in [0.1, 0.15) is 24.9 Å². The average Bonchev–Trinajstić information content (AvgIpc) is 2.73. The molecule has 0 aliphatic carbocycles. The lowest BCUT2D eigenvalue weighted by atomic mass is 10.1. The van der Waals surface area contributed by atoms with Crippen molar-refractivity contribution in [1.82, 2.24) is 10.6 Å². The molecule has 1 heterocycles. The van der Waals surface area contributed by atoms with Gasteiger partial charge in [0.1, 0.15) is 5.75 Å². The SMILES string of the molecule is CN=C(NCCCN1C(=O)COc2ccccc21)NC(C)c1ccc(F)c(F)c1. The Morgan fingerprint density at radius 2 is 2.03 bits per heavy atom. The van der Waals surface area contributed by atoms with Gasteiger partial charge in [0.05, 0.1) is 11.7 Å². The van der Waals surface area contributed by atoms with E-state index in [2.05, 4.69) is 15.6 Å². The van der Waals surface area contributed by atoms with Crippen LogP contribution in [0.15, 0.2) is 47.5 Å². The summed E-state index contributed by atoms with van der Waals surface area (Å²) in [5, 5.41) is 6.32. The summed E-state index contributed by atoms with van der Waals surface area (Å²) >= 11 is 0. The van der Waals surface area contributed by atoms with Crippen molar-refractivity contribution in [3.8, 4) is 5.75 Å². The first-order valence-electron chi connectivity index (χ1n) is 9.44. The van der Waals surface area contributed by atoms with E-state index in [0.29, 0.717) is 36.8 Å². The van der Waals surface area contributed by atoms with Crippen LogP contribution in [0, 0.1) is 11.6 Å². The van der Waals surface area contributed by atoms with Crippen LogP contribution in [0.5, 0.6) is 5.75 Å². The summed E-state index contributed by atoms with van der Waals surface area (Å²) in [4.78, 5) is 18.1.